The Bertz CT molecular complexity index is 531. The van der Waals surface area contributed by atoms with E-state index in [4.69, 9.17) is 14.2 Å². The number of sulfonamides is 1. The number of rotatable bonds is 9. The first kappa shape index (κ1) is 17.6. The predicted octanol–water partition coefficient (Wildman–Crippen LogP) is 1.93. The molecule has 7 heteroatoms. The fourth-order valence-electron chi connectivity index (χ4n) is 1.84. The molecule has 0 radical (unpaired) electrons. The summed E-state index contributed by atoms with van der Waals surface area (Å²) in [4.78, 5) is 0. The third kappa shape index (κ3) is 5.09. The van der Waals surface area contributed by atoms with Crippen molar-refractivity contribution in [1.29, 1.82) is 0 Å². The Morgan fingerprint density at radius 2 is 1.62 bits per heavy atom. The Hall–Kier alpha value is -1.47. The van der Waals surface area contributed by atoms with Gasteiger partial charge in [-0.2, -0.15) is 0 Å². The van der Waals surface area contributed by atoms with E-state index in [2.05, 4.69) is 4.72 Å². The lowest BCUT2D eigenvalue weighted by atomic mass is 10.2. The second-order valence-corrected chi connectivity index (χ2v) is 6.45. The second-order valence-electron chi connectivity index (χ2n) is 4.53. The van der Waals surface area contributed by atoms with E-state index in [9.17, 15) is 8.42 Å². The number of hydrogen-bond acceptors (Lipinski definition) is 5. The summed E-state index contributed by atoms with van der Waals surface area (Å²) in [5.74, 6) is 1.62. The molecule has 1 rings (SSSR count). The molecule has 0 aliphatic carbocycles. The van der Waals surface area contributed by atoms with Crippen molar-refractivity contribution in [3.05, 3.63) is 17.7 Å². The van der Waals surface area contributed by atoms with Crippen LogP contribution in [0.4, 0.5) is 0 Å². The molecule has 0 aromatic heterocycles. The number of unbranched alkanes of at least 4 members (excludes halogenated alkanes) is 1. The summed E-state index contributed by atoms with van der Waals surface area (Å²) < 4.78 is 41.9. The van der Waals surface area contributed by atoms with Crippen LogP contribution in [0.5, 0.6) is 17.2 Å². The average Bonchev–Trinajstić information content (AvgIpc) is 2.49. The average molecular weight is 317 g/mol. The first-order valence-electron chi connectivity index (χ1n) is 6.73. The first-order chi connectivity index (χ1) is 9.97. The van der Waals surface area contributed by atoms with Crippen molar-refractivity contribution in [3.63, 3.8) is 0 Å². The second kappa shape index (κ2) is 8.09. The molecule has 0 saturated carbocycles. The molecule has 0 heterocycles. The highest BCUT2D eigenvalue weighted by Gasteiger charge is 2.15. The molecule has 0 amide bonds. The van der Waals surface area contributed by atoms with Crippen LogP contribution in [0, 0.1) is 0 Å². The maximum atomic E-state index is 11.8. The molecule has 0 saturated heterocycles. The van der Waals surface area contributed by atoms with E-state index in [1.54, 1.807) is 12.1 Å². The summed E-state index contributed by atoms with van der Waals surface area (Å²) in [7, 11) is 1.30. The molecule has 0 aliphatic heterocycles. The van der Waals surface area contributed by atoms with E-state index in [1.165, 1.54) is 21.3 Å². The zero-order chi connectivity index (χ0) is 15.9. The molecule has 21 heavy (non-hydrogen) atoms. The Kier molecular flexibility index (Phi) is 6.77. The molecule has 120 valence electrons. The summed E-state index contributed by atoms with van der Waals surface area (Å²) in [5, 5.41) is 0. The van der Waals surface area contributed by atoms with E-state index < -0.39 is 10.0 Å². The molecule has 1 aromatic rings. The fraction of sp³-hybridized carbons (Fsp3) is 0.571. The lowest BCUT2D eigenvalue weighted by molar-refractivity contribution is 0.323. The third-order valence-electron chi connectivity index (χ3n) is 2.99. The summed E-state index contributed by atoms with van der Waals surface area (Å²) in [6, 6.07) is 3.45. The van der Waals surface area contributed by atoms with E-state index in [-0.39, 0.29) is 12.3 Å². The van der Waals surface area contributed by atoms with Crippen molar-refractivity contribution in [1.82, 2.24) is 4.72 Å². The lowest BCUT2D eigenvalue weighted by Crippen LogP contribution is -2.25. The van der Waals surface area contributed by atoms with Gasteiger partial charge in [0.25, 0.3) is 0 Å². The number of nitrogens with one attached hydrogen (secondary N) is 1. The lowest BCUT2D eigenvalue weighted by Gasteiger charge is -2.14. The van der Waals surface area contributed by atoms with Crippen LogP contribution in [-0.4, -0.2) is 35.5 Å². The minimum absolute atomic E-state index is 0.133. The summed E-state index contributed by atoms with van der Waals surface area (Å²) >= 11 is 0. The fourth-order valence-corrected chi connectivity index (χ4v) is 3.04. The van der Waals surface area contributed by atoms with Crippen molar-refractivity contribution < 1.29 is 22.6 Å². The van der Waals surface area contributed by atoms with Gasteiger partial charge in [-0.1, -0.05) is 13.3 Å². The molecule has 0 spiro atoms. The molecule has 0 fully saturated rings. The zero-order valence-electron chi connectivity index (χ0n) is 12.9. The molecule has 6 nitrogen and oxygen atoms in total. The molecule has 0 unspecified atom stereocenters. The van der Waals surface area contributed by atoms with Gasteiger partial charge in [-0.05, 0) is 24.1 Å². The molecule has 0 aliphatic rings. The van der Waals surface area contributed by atoms with Crippen LogP contribution in [-0.2, 0) is 16.6 Å². The maximum absolute atomic E-state index is 11.8. The van der Waals surface area contributed by atoms with Crippen LogP contribution in [0.25, 0.3) is 0 Å². The summed E-state index contributed by atoms with van der Waals surface area (Å²) in [5.41, 5.74) is 0.740. The Balaban J connectivity index is 2.89. The van der Waals surface area contributed by atoms with Crippen LogP contribution >= 0.6 is 0 Å². The number of benzene rings is 1. The third-order valence-corrected chi connectivity index (χ3v) is 4.40. The SMILES string of the molecule is CCCCS(=O)(=O)NCc1cc(OC)c(OC)c(OC)c1. The minimum Gasteiger partial charge on any atom is -0.493 e. The molecule has 0 atom stereocenters. The van der Waals surface area contributed by atoms with Crippen LogP contribution < -0.4 is 18.9 Å². The quantitative estimate of drug-likeness (QED) is 0.753. The van der Waals surface area contributed by atoms with Crippen LogP contribution in [0.1, 0.15) is 25.3 Å². The van der Waals surface area contributed by atoms with E-state index >= 15 is 0 Å². The Morgan fingerprint density at radius 1 is 1.05 bits per heavy atom. The highest BCUT2D eigenvalue weighted by Crippen LogP contribution is 2.38. The van der Waals surface area contributed by atoms with Gasteiger partial charge >= 0.3 is 0 Å². The first-order valence-corrected chi connectivity index (χ1v) is 8.38. The molecule has 1 aromatic carbocycles. The topological polar surface area (TPSA) is 73.9 Å². The number of ether oxygens (including phenoxy) is 3. The van der Waals surface area contributed by atoms with E-state index in [0.29, 0.717) is 23.7 Å². The van der Waals surface area contributed by atoms with Gasteiger partial charge in [0.2, 0.25) is 15.8 Å². The summed E-state index contributed by atoms with van der Waals surface area (Å²) in [6.45, 7) is 2.14. The smallest absolute Gasteiger partial charge is 0.211 e. The van der Waals surface area contributed by atoms with Gasteiger partial charge < -0.3 is 14.2 Å². The van der Waals surface area contributed by atoms with Gasteiger partial charge in [0.1, 0.15) is 0 Å². The van der Waals surface area contributed by atoms with E-state index in [0.717, 1.165) is 12.0 Å². The molecular weight excluding hydrogens is 294 g/mol. The standard InChI is InChI=1S/C14H23NO5S/c1-5-6-7-21(16,17)15-10-11-8-12(18-2)14(20-4)13(9-11)19-3/h8-9,15H,5-7,10H2,1-4H3. The van der Waals surface area contributed by atoms with Crippen molar-refractivity contribution >= 4 is 10.0 Å². The highest BCUT2D eigenvalue weighted by molar-refractivity contribution is 7.89. The predicted molar refractivity (Wildman–Crippen MR) is 81.6 cm³/mol. The van der Waals surface area contributed by atoms with Gasteiger partial charge in [-0.25, -0.2) is 13.1 Å². The molecule has 1 N–H and O–H groups in total. The van der Waals surface area contributed by atoms with Crippen molar-refractivity contribution in [2.45, 2.75) is 26.3 Å². The van der Waals surface area contributed by atoms with Gasteiger partial charge in [0.15, 0.2) is 11.5 Å². The van der Waals surface area contributed by atoms with Gasteiger partial charge in [-0.15, -0.1) is 0 Å². The van der Waals surface area contributed by atoms with Crippen LogP contribution in [0.2, 0.25) is 0 Å². The van der Waals surface area contributed by atoms with Crippen molar-refractivity contribution in [2.24, 2.45) is 0 Å². The maximum Gasteiger partial charge on any atom is 0.211 e. The van der Waals surface area contributed by atoms with Gasteiger partial charge in [-0.3, -0.25) is 0 Å². The number of methoxy groups -OCH3 is 3. The Morgan fingerprint density at radius 3 is 2.05 bits per heavy atom. The van der Waals surface area contributed by atoms with Gasteiger partial charge in [0, 0.05) is 6.54 Å². The van der Waals surface area contributed by atoms with Gasteiger partial charge in [0.05, 0.1) is 27.1 Å². The highest BCUT2D eigenvalue weighted by atomic mass is 32.2. The van der Waals surface area contributed by atoms with Crippen molar-refractivity contribution in [3.8, 4) is 17.2 Å². The largest absolute Gasteiger partial charge is 0.493 e. The summed E-state index contributed by atoms with van der Waals surface area (Å²) in [6.07, 6.45) is 1.48. The normalized spacial score (nSPS) is 11.2. The molecule has 0 bridgehead atoms. The zero-order valence-corrected chi connectivity index (χ0v) is 13.7. The molecular formula is C14H23NO5S. The monoisotopic (exact) mass is 317 g/mol. The van der Waals surface area contributed by atoms with E-state index in [1.807, 2.05) is 6.92 Å². The van der Waals surface area contributed by atoms with Crippen LogP contribution in [0.15, 0.2) is 12.1 Å². The number of hydrogen-bond donors (Lipinski definition) is 1. The minimum atomic E-state index is -3.26. The Labute approximate surface area is 126 Å². The van der Waals surface area contributed by atoms with Crippen molar-refractivity contribution in [2.75, 3.05) is 27.1 Å². The van der Waals surface area contributed by atoms with Crippen LogP contribution in [0.3, 0.4) is 0 Å².